The van der Waals surface area contributed by atoms with E-state index in [0.717, 1.165) is 38.2 Å². The number of nitro groups is 1. The molecular formula is C16H22N2O6S. The van der Waals surface area contributed by atoms with Crippen LogP contribution in [0.5, 0.6) is 5.75 Å². The number of hydrogen-bond acceptors (Lipinski definition) is 6. The molecule has 0 amide bonds. The van der Waals surface area contributed by atoms with E-state index in [1.807, 2.05) is 0 Å². The van der Waals surface area contributed by atoms with Crippen molar-refractivity contribution in [2.75, 3.05) is 26.3 Å². The summed E-state index contributed by atoms with van der Waals surface area (Å²) >= 11 is 0. The summed E-state index contributed by atoms with van der Waals surface area (Å²) in [5, 5.41) is 11.4. The number of nitro benzene ring substituents is 1. The van der Waals surface area contributed by atoms with Gasteiger partial charge >= 0.3 is 5.69 Å². The average Bonchev–Trinajstić information content (AvgIpc) is 3.16. The summed E-state index contributed by atoms with van der Waals surface area (Å²) in [6.07, 6.45) is 4.45. The summed E-state index contributed by atoms with van der Waals surface area (Å²) in [5.41, 5.74) is -0.337. The van der Waals surface area contributed by atoms with E-state index in [1.165, 1.54) is 16.4 Å². The topological polar surface area (TPSA) is 99.0 Å². The number of ether oxygens (including phenoxy) is 2. The number of sulfonamides is 1. The molecular weight excluding hydrogens is 348 g/mol. The summed E-state index contributed by atoms with van der Waals surface area (Å²) in [4.78, 5) is 10.7. The molecule has 0 saturated carbocycles. The molecule has 25 heavy (non-hydrogen) atoms. The van der Waals surface area contributed by atoms with Gasteiger partial charge < -0.3 is 9.47 Å². The van der Waals surface area contributed by atoms with Crippen LogP contribution in [0.15, 0.2) is 23.1 Å². The first-order valence-corrected chi connectivity index (χ1v) is 9.95. The van der Waals surface area contributed by atoms with E-state index in [9.17, 15) is 18.5 Å². The van der Waals surface area contributed by atoms with Crippen LogP contribution in [0, 0.1) is 10.1 Å². The number of rotatable bonds is 6. The third kappa shape index (κ3) is 4.10. The van der Waals surface area contributed by atoms with Crippen LogP contribution in [0.25, 0.3) is 0 Å². The van der Waals surface area contributed by atoms with E-state index in [-0.39, 0.29) is 29.0 Å². The van der Waals surface area contributed by atoms with Crippen molar-refractivity contribution in [3.63, 3.8) is 0 Å². The molecule has 2 fully saturated rings. The van der Waals surface area contributed by atoms with Crippen LogP contribution in [-0.4, -0.2) is 50.1 Å². The molecule has 1 aromatic rings. The second-order valence-electron chi connectivity index (χ2n) is 6.30. The Labute approximate surface area is 146 Å². The molecule has 0 unspecified atom stereocenters. The average molecular weight is 370 g/mol. The van der Waals surface area contributed by atoms with Gasteiger partial charge in [-0.1, -0.05) is 0 Å². The van der Waals surface area contributed by atoms with Crippen molar-refractivity contribution in [1.29, 1.82) is 0 Å². The first-order chi connectivity index (χ1) is 12.0. The van der Waals surface area contributed by atoms with Crippen LogP contribution in [0.4, 0.5) is 5.69 Å². The fourth-order valence-corrected chi connectivity index (χ4v) is 4.66. The van der Waals surface area contributed by atoms with Crippen LogP contribution < -0.4 is 4.74 Å². The largest absolute Gasteiger partial charge is 0.484 e. The van der Waals surface area contributed by atoms with Crippen LogP contribution in [0.1, 0.15) is 32.1 Å². The lowest BCUT2D eigenvalue weighted by atomic mass is 10.1. The van der Waals surface area contributed by atoms with Gasteiger partial charge in [0.25, 0.3) is 0 Å². The molecule has 0 bridgehead atoms. The highest BCUT2D eigenvalue weighted by atomic mass is 32.2. The summed E-state index contributed by atoms with van der Waals surface area (Å²) in [5.74, 6) is 0.0690. The van der Waals surface area contributed by atoms with Crippen molar-refractivity contribution in [3.05, 3.63) is 28.3 Å². The standard InChI is InChI=1S/C16H22N2O6S/c19-18(20)15-11-14(25(21,22)17-8-2-3-9-17)6-7-16(15)24-12-13-5-1-4-10-23-13/h6-7,11,13H,1-5,8-10,12H2/t13-/m0/s1. The predicted octanol–water partition coefficient (Wildman–Crippen LogP) is 2.33. The second kappa shape index (κ2) is 7.67. The smallest absolute Gasteiger partial charge is 0.312 e. The van der Waals surface area contributed by atoms with Crippen LogP contribution >= 0.6 is 0 Å². The van der Waals surface area contributed by atoms with Gasteiger partial charge in [-0.05, 0) is 44.2 Å². The lowest BCUT2D eigenvalue weighted by Gasteiger charge is -2.22. The van der Waals surface area contributed by atoms with Gasteiger partial charge in [0.15, 0.2) is 5.75 Å². The quantitative estimate of drug-likeness (QED) is 0.563. The van der Waals surface area contributed by atoms with Crippen molar-refractivity contribution in [3.8, 4) is 5.75 Å². The minimum absolute atomic E-state index is 0.0673. The number of benzene rings is 1. The van der Waals surface area contributed by atoms with Crippen molar-refractivity contribution in [2.45, 2.75) is 43.1 Å². The van der Waals surface area contributed by atoms with E-state index in [1.54, 1.807) is 0 Å². The number of hydrogen-bond donors (Lipinski definition) is 0. The molecule has 3 rings (SSSR count). The normalized spacial score (nSPS) is 22.0. The highest BCUT2D eigenvalue weighted by Gasteiger charge is 2.30. The SMILES string of the molecule is O=[N+]([O-])c1cc(S(=O)(=O)N2CCCC2)ccc1OC[C@@H]1CCCCO1. The van der Waals surface area contributed by atoms with Crippen molar-refractivity contribution in [1.82, 2.24) is 4.31 Å². The zero-order valence-electron chi connectivity index (χ0n) is 13.9. The van der Waals surface area contributed by atoms with Crippen molar-refractivity contribution < 1.29 is 22.8 Å². The fourth-order valence-electron chi connectivity index (χ4n) is 3.12. The molecule has 2 saturated heterocycles. The summed E-state index contributed by atoms with van der Waals surface area (Å²) < 4.78 is 37.6. The Morgan fingerprint density at radius 1 is 1.24 bits per heavy atom. The first-order valence-electron chi connectivity index (χ1n) is 8.51. The molecule has 0 N–H and O–H groups in total. The fraction of sp³-hybridized carbons (Fsp3) is 0.625. The molecule has 0 spiro atoms. The molecule has 8 nitrogen and oxygen atoms in total. The van der Waals surface area contributed by atoms with E-state index >= 15 is 0 Å². The second-order valence-corrected chi connectivity index (χ2v) is 8.24. The first kappa shape index (κ1) is 18.1. The van der Waals surface area contributed by atoms with Crippen molar-refractivity contribution in [2.24, 2.45) is 0 Å². The third-order valence-corrected chi connectivity index (χ3v) is 6.42. The van der Waals surface area contributed by atoms with Gasteiger partial charge in [0.2, 0.25) is 10.0 Å². The third-order valence-electron chi connectivity index (χ3n) is 4.53. The molecule has 9 heteroatoms. The van der Waals surface area contributed by atoms with Gasteiger partial charge in [-0.15, -0.1) is 0 Å². The zero-order valence-corrected chi connectivity index (χ0v) is 14.7. The van der Waals surface area contributed by atoms with Crippen molar-refractivity contribution >= 4 is 15.7 Å². The minimum Gasteiger partial charge on any atom is -0.484 e. The lowest BCUT2D eigenvalue weighted by molar-refractivity contribution is -0.386. The van der Waals surface area contributed by atoms with Gasteiger partial charge in [-0.3, -0.25) is 10.1 Å². The molecule has 1 atom stereocenters. The maximum Gasteiger partial charge on any atom is 0.312 e. The molecule has 0 radical (unpaired) electrons. The van der Waals surface area contributed by atoms with E-state index in [2.05, 4.69) is 0 Å². The molecule has 1 aromatic carbocycles. The Hall–Kier alpha value is -1.71. The maximum atomic E-state index is 12.6. The van der Waals surface area contributed by atoms with E-state index in [4.69, 9.17) is 9.47 Å². The van der Waals surface area contributed by atoms with Gasteiger partial charge in [0.05, 0.1) is 15.9 Å². The summed E-state index contributed by atoms with van der Waals surface area (Å²) in [7, 11) is -3.70. The summed E-state index contributed by atoms with van der Waals surface area (Å²) in [6.45, 7) is 1.79. The molecule has 2 aliphatic heterocycles. The van der Waals surface area contributed by atoms with Crippen LogP contribution in [0.3, 0.4) is 0 Å². The van der Waals surface area contributed by atoms with Gasteiger partial charge in [-0.25, -0.2) is 8.42 Å². The Balaban J connectivity index is 1.79. The van der Waals surface area contributed by atoms with Gasteiger partial charge in [0, 0.05) is 25.8 Å². The monoisotopic (exact) mass is 370 g/mol. The molecule has 0 aromatic heterocycles. The van der Waals surface area contributed by atoms with Crippen LogP contribution in [0.2, 0.25) is 0 Å². The van der Waals surface area contributed by atoms with Gasteiger partial charge in [-0.2, -0.15) is 4.31 Å². The Morgan fingerprint density at radius 3 is 2.64 bits per heavy atom. The molecule has 0 aliphatic carbocycles. The highest BCUT2D eigenvalue weighted by molar-refractivity contribution is 7.89. The summed E-state index contributed by atoms with van der Waals surface area (Å²) in [6, 6.07) is 3.83. The molecule has 138 valence electrons. The maximum absolute atomic E-state index is 12.6. The highest BCUT2D eigenvalue weighted by Crippen LogP contribution is 2.32. The van der Waals surface area contributed by atoms with Crippen LogP contribution in [-0.2, 0) is 14.8 Å². The lowest BCUT2D eigenvalue weighted by Crippen LogP contribution is -2.28. The minimum atomic E-state index is -3.70. The Morgan fingerprint density at radius 2 is 2.00 bits per heavy atom. The predicted molar refractivity (Wildman–Crippen MR) is 90.2 cm³/mol. The molecule has 2 heterocycles. The van der Waals surface area contributed by atoms with Gasteiger partial charge in [0.1, 0.15) is 6.61 Å². The molecule has 2 aliphatic rings. The Bertz CT molecular complexity index is 724. The van der Waals surface area contributed by atoms with E-state index in [0.29, 0.717) is 19.7 Å². The number of nitrogens with zero attached hydrogens (tertiary/aromatic N) is 2. The van der Waals surface area contributed by atoms with E-state index < -0.39 is 14.9 Å². The zero-order chi connectivity index (χ0) is 17.9. The Kier molecular flexibility index (Phi) is 5.55.